The first-order valence-corrected chi connectivity index (χ1v) is 21.6. The fraction of sp³-hybridized carbons (Fsp3) is 0.814. The molecule has 1 amide bonds. The van der Waals surface area contributed by atoms with E-state index in [9.17, 15) is 4.79 Å². The van der Waals surface area contributed by atoms with Crippen molar-refractivity contribution in [1.29, 1.82) is 0 Å². The number of allylic oxidation sites excluding steroid dienone is 2. The topological polar surface area (TPSA) is 51.7 Å². The van der Waals surface area contributed by atoms with Crippen molar-refractivity contribution in [3.05, 3.63) is 41.2 Å². The lowest BCUT2D eigenvalue weighted by Crippen LogP contribution is -2.58. The number of hydrogen-bond acceptors (Lipinski definition) is 4. The van der Waals surface area contributed by atoms with E-state index < -0.39 is 9.04 Å². The van der Waals surface area contributed by atoms with Crippen molar-refractivity contribution >= 4 is 14.9 Å². The molecule has 1 aromatic rings. The Balaban J connectivity index is 1.32. The Hall–Kier alpha value is -1.50. The van der Waals surface area contributed by atoms with Crippen molar-refractivity contribution in [3.8, 4) is 0 Å². The zero-order valence-electron chi connectivity index (χ0n) is 33.3. The molecule has 4 rings (SSSR count). The summed E-state index contributed by atoms with van der Waals surface area (Å²) in [4.78, 5) is 20.3. The number of rotatable bonds is 17. The van der Waals surface area contributed by atoms with Crippen LogP contribution in [0.2, 0.25) is 10.6 Å². The molecule has 5 atom stereocenters. The van der Waals surface area contributed by atoms with E-state index in [1.807, 2.05) is 12.3 Å². The number of carbonyl (C=O) groups excluding carboxylic acids is 1. The summed E-state index contributed by atoms with van der Waals surface area (Å²) < 4.78 is 12.6. The van der Waals surface area contributed by atoms with E-state index in [0.29, 0.717) is 54.4 Å². The maximum Gasteiger partial charge on any atom is 0.222 e. The molecule has 49 heavy (non-hydrogen) atoms. The number of nitrogens with zero attached hydrogens (tertiary/aromatic N) is 2. The van der Waals surface area contributed by atoms with Crippen LogP contribution in [0.3, 0.4) is 0 Å². The highest BCUT2D eigenvalue weighted by molar-refractivity contribution is 6.56. The predicted molar refractivity (Wildman–Crippen MR) is 207 cm³/mol. The molecule has 3 aliphatic rings. The number of carbonyl (C=O) groups is 1. The average molecular weight is 694 g/mol. The van der Waals surface area contributed by atoms with Gasteiger partial charge in [0.1, 0.15) is 0 Å². The second-order valence-electron chi connectivity index (χ2n) is 18.1. The third kappa shape index (κ3) is 10.1. The van der Waals surface area contributed by atoms with E-state index in [1.165, 1.54) is 69.9 Å². The summed E-state index contributed by atoms with van der Waals surface area (Å²) in [5.74, 6) is 2.37. The van der Waals surface area contributed by atoms with Gasteiger partial charge in [-0.2, -0.15) is 0 Å². The van der Waals surface area contributed by atoms with Gasteiger partial charge in [0, 0.05) is 38.5 Å². The minimum absolute atomic E-state index is 0.182. The van der Waals surface area contributed by atoms with Crippen LogP contribution in [0.25, 0.3) is 0 Å². The fourth-order valence-corrected chi connectivity index (χ4v) is 13.7. The number of amides is 1. The molecule has 3 aliphatic carbocycles. The highest BCUT2D eigenvalue weighted by atomic mass is 28.3. The van der Waals surface area contributed by atoms with Crippen molar-refractivity contribution in [2.45, 2.75) is 169 Å². The zero-order valence-corrected chi connectivity index (χ0v) is 34.3. The van der Waals surface area contributed by atoms with Gasteiger partial charge in [-0.25, -0.2) is 0 Å². The normalized spacial score (nSPS) is 26.9. The Bertz CT molecular complexity index is 1210. The standard InChI is InChI=1S/C43H73N2O3Si/c1-32(2)49(41(4,5)6)48-39-26-27-43(9)37-23-20-33(3)35(36(37)21-24-38(43)42(39,7)8)22-25-40(46)45(30-31-47-10)29-17-13-11-12-14-18-34-19-15-16-28-44-34/h15-16,19,28,32,36-39H,11-14,17-18,20-27,29-31H2,1-10H3/t36?,37?,38?,39-,43+/m0/s1. The van der Waals surface area contributed by atoms with Gasteiger partial charge in [-0.1, -0.05) is 91.9 Å². The molecule has 0 aromatic carbocycles. The SMILES string of the molecule is COCCN(CCCCCCCc1ccccn1)C(=O)CCC1=C(C)CCC2C1CCC1C(C)(C)[C@@H](O[Si](C(C)C)C(C)(C)C)CC[C@]21C. The summed E-state index contributed by atoms with van der Waals surface area (Å²) in [6.45, 7) is 24.2. The third-order valence-corrected chi connectivity index (χ3v) is 16.1. The van der Waals surface area contributed by atoms with Gasteiger partial charge in [-0.3, -0.25) is 9.78 Å². The van der Waals surface area contributed by atoms with E-state index in [0.717, 1.165) is 31.7 Å². The largest absolute Gasteiger partial charge is 0.412 e. The first kappa shape index (κ1) is 40.3. The van der Waals surface area contributed by atoms with Crippen LogP contribution < -0.4 is 0 Å². The lowest BCUT2D eigenvalue weighted by molar-refractivity contribution is -0.144. The lowest BCUT2D eigenvalue weighted by atomic mass is 9.43. The van der Waals surface area contributed by atoms with E-state index in [4.69, 9.17) is 9.16 Å². The Labute approximate surface area is 303 Å². The monoisotopic (exact) mass is 694 g/mol. The van der Waals surface area contributed by atoms with Crippen LogP contribution in [-0.2, 0) is 20.4 Å². The van der Waals surface area contributed by atoms with Crippen molar-refractivity contribution in [2.24, 2.45) is 28.6 Å². The molecule has 1 aromatic heterocycles. The van der Waals surface area contributed by atoms with Crippen molar-refractivity contribution in [3.63, 3.8) is 0 Å². The summed E-state index contributed by atoms with van der Waals surface area (Å²) in [6.07, 6.45) is 18.3. The summed E-state index contributed by atoms with van der Waals surface area (Å²) in [6, 6.07) is 6.17. The minimum Gasteiger partial charge on any atom is -0.412 e. The van der Waals surface area contributed by atoms with Crippen molar-refractivity contribution in [1.82, 2.24) is 9.88 Å². The quantitative estimate of drug-likeness (QED) is 0.0926. The van der Waals surface area contributed by atoms with Gasteiger partial charge in [0.25, 0.3) is 0 Å². The molecule has 2 fully saturated rings. The van der Waals surface area contributed by atoms with Crippen molar-refractivity contribution in [2.75, 3.05) is 26.8 Å². The van der Waals surface area contributed by atoms with Crippen LogP contribution in [0.15, 0.2) is 35.5 Å². The molecule has 2 saturated carbocycles. The van der Waals surface area contributed by atoms with Crippen LogP contribution in [0.4, 0.5) is 0 Å². The summed E-state index contributed by atoms with van der Waals surface area (Å²) in [5.41, 5.74) is 5.54. The number of hydrogen-bond donors (Lipinski definition) is 0. The summed E-state index contributed by atoms with van der Waals surface area (Å²) in [7, 11) is 0.799. The molecule has 0 spiro atoms. The average Bonchev–Trinajstić information content (AvgIpc) is 3.04. The van der Waals surface area contributed by atoms with E-state index in [-0.39, 0.29) is 10.5 Å². The number of pyridine rings is 1. The van der Waals surface area contributed by atoms with E-state index in [2.05, 4.69) is 84.3 Å². The van der Waals surface area contributed by atoms with Gasteiger partial charge >= 0.3 is 0 Å². The highest BCUT2D eigenvalue weighted by Crippen LogP contribution is 2.65. The van der Waals surface area contributed by atoms with Crippen molar-refractivity contribution < 1.29 is 14.0 Å². The number of fused-ring (bicyclic) bond motifs is 3. The number of methoxy groups -OCH3 is 1. The number of aromatic nitrogens is 1. The molecule has 3 unspecified atom stereocenters. The molecular weight excluding hydrogens is 621 g/mol. The Morgan fingerprint density at radius 2 is 1.73 bits per heavy atom. The Morgan fingerprint density at radius 1 is 1.00 bits per heavy atom. The van der Waals surface area contributed by atoms with E-state index >= 15 is 0 Å². The van der Waals surface area contributed by atoms with Crippen LogP contribution in [0.5, 0.6) is 0 Å². The second-order valence-corrected chi connectivity index (χ2v) is 21.8. The smallest absolute Gasteiger partial charge is 0.222 e. The Morgan fingerprint density at radius 3 is 2.41 bits per heavy atom. The van der Waals surface area contributed by atoms with Crippen LogP contribution in [0, 0.1) is 28.6 Å². The lowest BCUT2D eigenvalue weighted by Gasteiger charge is -2.63. The maximum atomic E-state index is 13.7. The van der Waals surface area contributed by atoms with Crippen LogP contribution >= 0.6 is 0 Å². The van der Waals surface area contributed by atoms with Gasteiger partial charge < -0.3 is 14.1 Å². The zero-order chi connectivity index (χ0) is 35.8. The summed E-state index contributed by atoms with van der Waals surface area (Å²) in [5, 5.41) is 0.241. The van der Waals surface area contributed by atoms with Gasteiger partial charge in [0.2, 0.25) is 14.9 Å². The first-order chi connectivity index (χ1) is 23.2. The molecule has 6 heteroatoms. The highest BCUT2D eigenvalue weighted by Gasteiger charge is 2.59. The van der Waals surface area contributed by atoms with E-state index in [1.54, 1.807) is 18.3 Å². The van der Waals surface area contributed by atoms with Gasteiger partial charge in [-0.05, 0) is 122 Å². The molecule has 1 radical (unpaired) electrons. The molecule has 1 heterocycles. The molecule has 0 N–H and O–H groups in total. The van der Waals surface area contributed by atoms with Gasteiger partial charge in [0.05, 0.1) is 12.7 Å². The molecule has 5 nitrogen and oxygen atoms in total. The van der Waals surface area contributed by atoms with Gasteiger partial charge in [-0.15, -0.1) is 0 Å². The molecule has 277 valence electrons. The summed E-state index contributed by atoms with van der Waals surface area (Å²) >= 11 is 0. The Kier molecular flexibility index (Phi) is 14.6. The second kappa shape index (κ2) is 17.8. The number of ether oxygens (including phenoxy) is 1. The first-order valence-electron chi connectivity index (χ1n) is 20.1. The minimum atomic E-state index is -0.944. The molecule has 0 aliphatic heterocycles. The van der Waals surface area contributed by atoms with Crippen LogP contribution in [0.1, 0.15) is 151 Å². The third-order valence-electron chi connectivity index (χ3n) is 13.0. The van der Waals surface area contributed by atoms with Gasteiger partial charge in [0.15, 0.2) is 0 Å². The molecule has 0 saturated heterocycles. The number of aryl methyl sites for hydroxylation is 1. The van der Waals surface area contributed by atoms with Crippen LogP contribution in [-0.4, -0.2) is 57.7 Å². The number of unbranched alkanes of at least 4 members (excludes halogenated alkanes) is 4. The maximum absolute atomic E-state index is 13.7. The molecule has 0 bridgehead atoms. The molecular formula is C43H73N2O3Si. The fourth-order valence-electron chi connectivity index (χ4n) is 10.6. The predicted octanol–water partition coefficient (Wildman–Crippen LogP) is 11.0.